The molecule has 4 N–H and O–H groups in total. The van der Waals surface area contributed by atoms with Crippen LogP contribution in [-0.2, 0) is 14.6 Å². The zero-order valence-corrected chi connectivity index (χ0v) is 38.8. The average molecular weight is 859 g/mol. The molecule has 0 bridgehead atoms. The lowest BCUT2D eigenvalue weighted by Gasteiger charge is -2.72. The minimum atomic E-state index is -2.88. The summed E-state index contributed by atoms with van der Waals surface area (Å²) in [5, 5.41) is 14.8. The van der Waals surface area contributed by atoms with Gasteiger partial charge in [-0.1, -0.05) is 58.9 Å². The van der Waals surface area contributed by atoms with Crippen LogP contribution >= 0.6 is 0 Å². The fourth-order valence-electron chi connectivity index (χ4n) is 15.7. The molecule has 0 unspecified atom stereocenters. The van der Waals surface area contributed by atoms with E-state index in [1.54, 1.807) is 18.3 Å². The number of fused-ring (bicyclic) bond motifs is 7. The number of aromatic nitrogens is 1. The SMILES string of the molecule is C=C(C)[C@@H]1CC[C@]2(NCCN3CCS(=O)(=O)CC3)CC[C@]3(C)[C@H](CC[C@@H]4[C@@]5(C)CC=C(C6=CC[C@@](CCOc7ncccc7C(N)=O)(C(=O)O)CC6)C(C)(C)[C@@H]5CC[C@]43C)[C@@H]12. The first-order chi connectivity index (χ1) is 28.7. The second-order valence-electron chi connectivity index (χ2n) is 22.1. The number of hydrogen-bond acceptors (Lipinski definition) is 8. The minimum absolute atomic E-state index is 0.0327. The van der Waals surface area contributed by atoms with E-state index < -0.39 is 27.1 Å². The van der Waals surface area contributed by atoms with Crippen molar-refractivity contribution < 1.29 is 27.9 Å². The molecule has 7 aliphatic rings. The number of carbonyl (C=O) groups excluding carboxylic acids is 1. The maximum absolute atomic E-state index is 12.9. The molecule has 1 aliphatic heterocycles. The Morgan fingerprint density at radius 1 is 0.967 bits per heavy atom. The molecule has 1 saturated heterocycles. The number of primary amides is 1. The van der Waals surface area contributed by atoms with E-state index in [1.165, 1.54) is 68.1 Å². The number of nitrogens with zero attached hydrogens (tertiary/aromatic N) is 2. The lowest BCUT2D eigenvalue weighted by molar-refractivity contribution is -0.221. The number of sulfone groups is 1. The van der Waals surface area contributed by atoms with Gasteiger partial charge in [-0.25, -0.2) is 13.4 Å². The molecule has 1 aromatic rings. The second-order valence-corrected chi connectivity index (χ2v) is 24.4. The van der Waals surface area contributed by atoms with Crippen molar-refractivity contribution in [2.45, 2.75) is 131 Å². The van der Waals surface area contributed by atoms with Crippen LogP contribution < -0.4 is 15.8 Å². The molecule has 10 atom stereocenters. The highest BCUT2D eigenvalue weighted by molar-refractivity contribution is 7.91. The third-order valence-corrected chi connectivity index (χ3v) is 20.9. The number of nitrogens with two attached hydrogens (primary N) is 1. The Kier molecular flexibility index (Phi) is 11.6. The maximum atomic E-state index is 12.9. The quantitative estimate of drug-likeness (QED) is 0.176. The molecule has 5 fully saturated rings. The average Bonchev–Trinajstić information content (AvgIpc) is 3.59. The van der Waals surface area contributed by atoms with Crippen molar-refractivity contribution in [3.63, 3.8) is 0 Å². The van der Waals surface area contributed by atoms with Crippen molar-refractivity contribution in [3.05, 3.63) is 59.3 Å². The third kappa shape index (κ3) is 7.36. The summed E-state index contributed by atoms with van der Waals surface area (Å²) in [4.78, 5) is 31.3. The van der Waals surface area contributed by atoms with E-state index in [4.69, 9.17) is 10.5 Å². The highest BCUT2D eigenvalue weighted by atomic mass is 32.2. The predicted octanol–water partition coefficient (Wildman–Crippen LogP) is 8.40. The van der Waals surface area contributed by atoms with Gasteiger partial charge in [0.1, 0.15) is 5.56 Å². The zero-order chi connectivity index (χ0) is 43.8. The van der Waals surface area contributed by atoms with Crippen molar-refractivity contribution in [2.75, 3.05) is 44.3 Å². The molecule has 1 aromatic heterocycles. The second kappa shape index (κ2) is 15.9. The van der Waals surface area contributed by atoms with Gasteiger partial charge in [0.25, 0.3) is 5.91 Å². The van der Waals surface area contributed by atoms with Gasteiger partial charge in [0.2, 0.25) is 5.88 Å². The van der Waals surface area contributed by atoms with Gasteiger partial charge in [0.15, 0.2) is 9.84 Å². The van der Waals surface area contributed by atoms with Crippen molar-refractivity contribution in [1.82, 2.24) is 15.2 Å². The Labute approximate surface area is 365 Å². The largest absolute Gasteiger partial charge is 0.481 e. The highest BCUT2D eigenvalue weighted by Crippen LogP contribution is 2.76. The van der Waals surface area contributed by atoms with Crippen LogP contribution in [0.2, 0.25) is 0 Å². The number of nitrogens with one attached hydrogen (secondary N) is 1. The first kappa shape index (κ1) is 44.6. The molecular formula is C50H74N4O6S. The fourth-order valence-corrected chi connectivity index (χ4v) is 17.0. The van der Waals surface area contributed by atoms with Crippen LogP contribution in [0, 0.1) is 56.7 Å². The molecule has 2 heterocycles. The van der Waals surface area contributed by atoms with E-state index in [0.717, 1.165) is 25.9 Å². The molecule has 10 nitrogen and oxygen atoms in total. The number of ether oxygens (including phenoxy) is 1. The molecule has 336 valence electrons. The number of allylic oxidation sites excluding steroid dienone is 5. The predicted molar refractivity (Wildman–Crippen MR) is 241 cm³/mol. The summed E-state index contributed by atoms with van der Waals surface area (Å²) in [5.41, 5.74) is 9.63. The third-order valence-electron chi connectivity index (χ3n) is 19.3. The van der Waals surface area contributed by atoms with Crippen LogP contribution in [0.15, 0.2) is 53.8 Å². The number of rotatable bonds is 12. The van der Waals surface area contributed by atoms with E-state index in [0.29, 0.717) is 61.9 Å². The standard InChI is InChI=1S/C50H74N4O6S/c1-33(2)35-14-21-50(53-26-27-54-28-31-61(58,59)32-29-54)23-22-47(6)38(41(35)50)10-11-40-46(5)17-15-37(45(3,4)39(46)16-18-48(40,47)7)34-12-19-49(20-13-34,44(56)57)24-30-60-43-36(42(51)55)9-8-25-52-43/h8-9,12,15,25,35,38-41,53H,1,10-11,13-14,16-24,26-32H2,2-7H3,(H2,51,55)(H,56,57)/t35-,38+,39-,40+,41+,46-,47+,48+,49+,50-/m0/s1. The molecule has 61 heavy (non-hydrogen) atoms. The Morgan fingerprint density at radius 3 is 2.39 bits per heavy atom. The van der Waals surface area contributed by atoms with E-state index in [1.807, 2.05) is 0 Å². The van der Waals surface area contributed by atoms with Crippen LogP contribution in [0.5, 0.6) is 5.88 Å². The Hall–Kier alpha value is -3.02. The lowest BCUT2D eigenvalue weighted by atomic mass is 9.33. The summed E-state index contributed by atoms with van der Waals surface area (Å²) >= 11 is 0. The van der Waals surface area contributed by atoms with Crippen molar-refractivity contribution >= 4 is 21.7 Å². The maximum Gasteiger partial charge on any atom is 0.310 e. The van der Waals surface area contributed by atoms with E-state index in [-0.39, 0.29) is 56.8 Å². The van der Waals surface area contributed by atoms with Crippen molar-refractivity contribution in [1.29, 1.82) is 0 Å². The van der Waals surface area contributed by atoms with Crippen molar-refractivity contribution in [2.24, 2.45) is 62.4 Å². The molecule has 4 saturated carbocycles. The van der Waals surface area contributed by atoms with E-state index >= 15 is 0 Å². The number of carboxylic acids is 1. The number of carbonyl (C=O) groups is 2. The Bertz CT molecular complexity index is 2080. The van der Waals surface area contributed by atoms with Gasteiger partial charge >= 0.3 is 5.97 Å². The fraction of sp³-hybridized carbons (Fsp3) is 0.740. The van der Waals surface area contributed by atoms with Crippen LogP contribution in [0.3, 0.4) is 0 Å². The first-order valence-electron chi connectivity index (χ1n) is 23.6. The summed E-state index contributed by atoms with van der Waals surface area (Å²) in [6.07, 6.45) is 19.3. The Balaban J connectivity index is 0.987. The number of pyridine rings is 1. The molecule has 1 amide bonds. The first-order valence-corrected chi connectivity index (χ1v) is 25.4. The van der Waals surface area contributed by atoms with Gasteiger partial charge in [0.05, 0.1) is 23.5 Å². The molecule has 8 rings (SSSR count). The smallest absolute Gasteiger partial charge is 0.310 e. The van der Waals surface area contributed by atoms with Gasteiger partial charge < -0.3 is 25.8 Å². The number of amides is 1. The number of aliphatic carboxylic acids is 1. The zero-order valence-electron chi connectivity index (χ0n) is 38.0. The van der Waals surface area contributed by atoms with Crippen LogP contribution in [-0.4, -0.2) is 85.1 Å². The number of carboxylic acid groups (broad SMARTS) is 1. The summed E-state index contributed by atoms with van der Waals surface area (Å²) in [6, 6.07) is 3.20. The lowest BCUT2D eigenvalue weighted by Crippen LogP contribution is -2.68. The van der Waals surface area contributed by atoms with Gasteiger partial charge in [-0.3, -0.25) is 9.59 Å². The molecule has 11 heteroatoms. The summed E-state index contributed by atoms with van der Waals surface area (Å²) in [5.74, 6) is 2.22. The van der Waals surface area contributed by atoms with E-state index in [9.17, 15) is 23.1 Å². The molecule has 6 aliphatic carbocycles. The van der Waals surface area contributed by atoms with Crippen LogP contribution in [0.1, 0.15) is 135 Å². The number of hydrogen-bond donors (Lipinski definition) is 3. The van der Waals surface area contributed by atoms with Crippen molar-refractivity contribution in [3.8, 4) is 5.88 Å². The summed E-state index contributed by atoms with van der Waals surface area (Å²) < 4.78 is 30.1. The van der Waals surface area contributed by atoms with Gasteiger partial charge in [-0.15, -0.1) is 0 Å². The van der Waals surface area contributed by atoms with Gasteiger partial charge in [-0.05, 0) is 165 Å². The van der Waals surface area contributed by atoms with Gasteiger partial charge in [0, 0.05) is 37.9 Å². The van der Waals surface area contributed by atoms with Crippen LogP contribution in [0.4, 0.5) is 0 Å². The monoisotopic (exact) mass is 859 g/mol. The molecule has 0 radical (unpaired) electrons. The normalized spacial score (nSPS) is 40.3. The summed E-state index contributed by atoms with van der Waals surface area (Å²) in [6.45, 7) is 23.2. The van der Waals surface area contributed by atoms with E-state index in [2.05, 4.69) is 75.5 Å². The van der Waals surface area contributed by atoms with Gasteiger partial charge in [-0.2, -0.15) is 0 Å². The molecule has 0 spiro atoms. The summed E-state index contributed by atoms with van der Waals surface area (Å²) in [7, 11) is -2.88. The molecule has 0 aromatic carbocycles. The minimum Gasteiger partial charge on any atom is -0.481 e. The Morgan fingerprint density at radius 2 is 1.72 bits per heavy atom. The molecular weight excluding hydrogens is 785 g/mol. The topological polar surface area (TPSA) is 152 Å². The highest BCUT2D eigenvalue weighted by Gasteiger charge is 2.70. The van der Waals surface area contributed by atoms with Crippen LogP contribution in [0.25, 0.3) is 0 Å².